The van der Waals surface area contributed by atoms with Crippen LogP contribution in [0.15, 0.2) is 30.7 Å². The van der Waals surface area contributed by atoms with E-state index < -0.39 is 11.0 Å². The van der Waals surface area contributed by atoms with Gasteiger partial charge in [-0.1, -0.05) is 5.21 Å². The summed E-state index contributed by atoms with van der Waals surface area (Å²) >= 11 is 0. The number of hydrogen-bond donors (Lipinski definition) is 1. The summed E-state index contributed by atoms with van der Waals surface area (Å²) in [6.45, 7) is 2.26. The predicted octanol–water partition coefficient (Wildman–Crippen LogP) is 1.73. The van der Waals surface area contributed by atoms with Gasteiger partial charge in [-0.05, 0) is 43.9 Å². The molecule has 3 aromatic rings. The zero-order chi connectivity index (χ0) is 21.0. The zero-order valence-electron chi connectivity index (χ0n) is 16.5. The number of nitrogens with zero attached hydrogens (tertiary/aromatic N) is 5. The molecule has 0 saturated carbocycles. The standard InChI is InChI=1S/C20H19B2FN6O/c1-11-2-3-15-13(6-12(23)8-24-15)16-7-20(21,22)10-28(16)17-4-5-29-18(27-17)14(9-25-29)19(30)26-11/h4-6,8-9,11,16H,2-3,7,10H2,1H3,(H,26,30)/t11-,16?/m1/s1. The second kappa shape index (κ2) is 6.82. The molecule has 2 aliphatic rings. The summed E-state index contributed by atoms with van der Waals surface area (Å²) in [5, 5.41) is 6.26. The van der Waals surface area contributed by atoms with Crippen molar-refractivity contribution in [2.75, 3.05) is 11.4 Å². The molecular formula is C20H19B2FN6O. The molecule has 2 atom stereocenters. The second-order valence-electron chi connectivity index (χ2n) is 8.30. The Labute approximate surface area is 175 Å². The SMILES string of the molecule is [B]C1([B])CC2c3cc(F)cnc3CC[C@@H](C)NC(=O)c3cnn4ccc(nc34)N2C1. The summed E-state index contributed by atoms with van der Waals surface area (Å²) in [5.41, 5.74) is 2.36. The molecule has 0 spiro atoms. The molecule has 4 radical (unpaired) electrons. The van der Waals surface area contributed by atoms with Gasteiger partial charge in [-0.3, -0.25) is 9.78 Å². The van der Waals surface area contributed by atoms with Crippen molar-refractivity contribution in [3.8, 4) is 0 Å². The zero-order valence-corrected chi connectivity index (χ0v) is 16.5. The fraction of sp³-hybridized carbons (Fsp3) is 0.400. The van der Waals surface area contributed by atoms with Gasteiger partial charge in [-0.15, -0.1) is 0 Å². The third-order valence-electron chi connectivity index (χ3n) is 5.83. The van der Waals surface area contributed by atoms with E-state index in [1.165, 1.54) is 18.5 Å². The van der Waals surface area contributed by atoms with E-state index in [1.54, 1.807) is 16.8 Å². The lowest BCUT2D eigenvalue weighted by Crippen LogP contribution is -2.33. The van der Waals surface area contributed by atoms with Crippen LogP contribution < -0.4 is 10.2 Å². The third kappa shape index (κ3) is 3.24. The number of aromatic nitrogens is 4. The summed E-state index contributed by atoms with van der Waals surface area (Å²) in [6, 6.07) is 2.91. The molecule has 30 heavy (non-hydrogen) atoms. The quantitative estimate of drug-likeness (QED) is 0.582. The Morgan fingerprint density at radius 1 is 1.33 bits per heavy atom. The first-order valence-electron chi connectivity index (χ1n) is 9.95. The topological polar surface area (TPSA) is 75.4 Å². The Morgan fingerprint density at radius 2 is 2.17 bits per heavy atom. The van der Waals surface area contributed by atoms with E-state index in [0.717, 1.165) is 11.3 Å². The minimum atomic E-state index is -0.965. The molecule has 0 aliphatic carbocycles. The Hall–Kier alpha value is -2.90. The van der Waals surface area contributed by atoms with Crippen LogP contribution in [-0.2, 0) is 6.42 Å². The van der Waals surface area contributed by atoms with Crippen LogP contribution in [0, 0.1) is 5.82 Å². The Kier molecular flexibility index (Phi) is 4.34. The van der Waals surface area contributed by atoms with Crippen LogP contribution in [0.4, 0.5) is 10.2 Å². The number of amides is 1. The highest BCUT2D eigenvalue weighted by atomic mass is 19.1. The second-order valence-corrected chi connectivity index (χ2v) is 8.30. The average molecular weight is 400 g/mol. The third-order valence-corrected chi connectivity index (χ3v) is 5.83. The van der Waals surface area contributed by atoms with E-state index in [1.807, 2.05) is 11.8 Å². The molecule has 1 N–H and O–H groups in total. The van der Waals surface area contributed by atoms with Crippen molar-refractivity contribution in [1.29, 1.82) is 0 Å². The minimum absolute atomic E-state index is 0.112. The number of carbonyl (C=O) groups excluding carboxylic acids is 1. The number of carbonyl (C=O) groups is 1. The van der Waals surface area contributed by atoms with E-state index >= 15 is 0 Å². The van der Waals surface area contributed by atoms with Crippen molar-refractivity contribution in [2.24, 2.45) is 0 Å². The first-order valence-corrected chi connectivity index (χ1v) is 9.95. The molecule has 0 aromatic carbocycles. The van der Waals surface area contributed by atoms with E-state index in [2.05, 4.69) is 15.4 Å². The summed E-state index contributed by atoms with van der Waals surface area (Å²) < 4.78 is 15.7. The van der Waals surface area contributed by atoms with Gasteiger partial charge >= 0.3 is 0 Å². The normalized spacial score (nSPS) is 23.3. The number of halogens is 1. The molecule has 5 heterocycles. The van der Waals surface area contributed by atoms with Crippen LogP contribution in [-0.4, -0.2) is 53.8 Å². The summed E-state index contributed by atoms with van der Waals surface area (Å²) in [5.74, 6) is -0.0478. The number of rotatable bonds is 0. The molecule has 1 saturated heterocycles. The fourth-order valence-corrected chi connectivity index (χ4v) is 4.37. The average Bonchev–Trinajstić information content (AvgIpc) is 3.26. The molecule has 1 unspecified atom stereocenters. The van der Waals surface area contributed by atoms with Crippen molar-refractivity contribution in [1.82, 2.24) is 24.9 Å². The van der Waals surface area contributed by atoms with Crippen LogP contribution in [0.1, 0.15) is 47.4 Å². The smallest absolute Gasteiger partial charge is 0.256 e. The van der Waals surface area contributed by atoms with Gasteiger partial charge in [-0.25, -0.2) is 13.9 Å². The Morgan fingerprint density at radius 3 is 3.00 bits per heavy atom. The molecule has 2 bridgehead atoms. The maximum absolute atomic E-state index is 14.2. The van der Waals surface area contributed by atoms with Crippen LogP contribution in [0.3, 0.4) is 0 Å². The Bertz CT molecular complexity index is 1150. The lowest BCUT2D eigenvalue weighted by Gasteiger charge is -2.28. The minimum Gasteiger partial charge on any atom is -0.350 e. The number of aryl methyl sites for hydroxylation is 1. The lowest BCUT2D eigenvalue weighted by molar-refractivity contribution is 0.0940. The molecule has 148 valence electrons. The molecule has 7 nitrogen and oxygen atoms in total. The highest BCUT2D eigenvalue weighted by Crippen LogP contribution is 2.46. The van der Waals surface area contributed by atoms with E-state index in [4.69, 9.17) is 20.7 Å². The predicted molar refractivity (Wildman–Crippen MR) is 111 cm³/mol. The largest absolute Gasteiger partial charge is 0.350 e. The number of pyridine rings is 1. The molecule has 10 heteroatoms. The van der Waals surface area contributed by atoms with Crippen LogP contribution in [0.2, 0.25) is 5.21 Å². The van der Waals surface area contributed by atoms with Gasteiger partial charge in [0.1, 0.15) is 17.2 Å². The number of nitrogens with one attached hydrogen (secondary N) is 1. The van der Waals surface area contributed by atoms with E-state index in [9.17, 15) is 9.18 Å². The number of anilines is 1. The fourth-order valence-electron chi connectivity index (χ4n) is 4.37. The van der Waals surface area contributed by atoms with Crippen molar-refractivity contribution in [3.05, 3.63) is 53.4 Å². The summed E-state index contributed by atoms with van der Waals surface area (Å²) in [7, 11) is 12.6. The van der Waals surface area contributed by atoms with Gasteiger partial charge in [0.25, 0.3) is 5.91 Å². The van der Waals surface area contributed by atoms with Gasteiger partial charge < -0.3 is 10.2 Å². The first kappa shape index (κ1) is 19.1. The Balaban J connectivity index is 1.71. The highest BCUT2D eigenvalue weighted by molar-refractivity contribution is 6.40. The van der Waals surface area contributed by atoms with Crippen LogP contribution >= 0.6 is 0 Å². The van der Waals surface area contributed by atoms with E-state index in [0.29, 0.717) is 42.8 Å². The van der Waals surface area contributed by atoms with E-state index in [-0.39, 0.29) is 18.0 Å². The molecule has 2 aliphatic heterocycles. The van der Waals surface area contributed by atoms with Gasteiger partial charge in [0.05, 0.1) is 34.1 Å². The number of fused-ring (bicyclic) bond motifs is 5. The summed E-state index contributed by atoms with van der Waals surface area (Å²) in [4.78, 5) is 23.8. The van der Waals surface area contributed by atoms with Crippen LogP contribution in [0.5, 0.6) is 0 Å². The van der Waals surface area contributed by atoms with Crippen molar-refractivity contribution in [3.63, 3.8) is 0 Å². The van der Waals surface area contributed by atoms with Gasteiger partial charge in [0.2, 0.25) is 0 Å². The summed E-state index contributed by atoms with van der Waals surface area (Å²) in [6.07, 6.45) is 6.13. The molecular weight excluding hydrogens is 381 g/mol. The van der Waals surface area contributed by atoms with Crippen LogP contribution in [0.25, 0.3) is 5.65 Å². The maximum Gasteiger partial charge on any atom is 0.256 e. The molecule has 5 rings (SSSR count). The first-order chi connectivity index (χ1) is 14.3. The van der Waals surface area contributed by atoms with Gasteiger partial charge in [-0.2, -0.15) is 5.10 Å². The molecule has 1 amide bonds. The monoisotopic (exact) mass is 400 g/mol. The van der Waals surface area contributed by atoms with Crippen molar-refractivity contribution in [2.45, 2.75) is 43.5 Å². The maximum atomic E-state index is 14.2. The molecule has 1 fully saturated rings. The van der Waals surface area contributed by atoms with Crippen molar-refractivity contribution < 1.29 is 9.18 Å². The highest BCUT2D eigenvalue weighted by Gasteiger charge is 2.39. The van der Waals surface area contributed by atoms with Crippen molar-refractivity contribution >= 4 is 33.1 Å². The van der Waals surface area contributed by atoms with Gasteiger partial charge in [0, 0.05) is 24.5 Å². The molecule has 3 aromatic heterocycles. The van der Waals surface area contributed by atoms with Gasteiger partial charge in [0.15, 0.2) is 5.65 Å². The lowest BCUT2D eigenvalue weighted by atomic mass is 9.53. The number of hydrogen-bond acceptors (Lipinski definition) is 5.